The zero-order chi connectivity index (χ0) is 20.6. The number of aryl methyl sites for hydroxylation is 1. The van der Waals surface area contributed by atoms with Crippen molar-refractivity contribution >= 4 is 15.8 Å². The second kappa shape index (κ2) is 10.1. The molecule has 0 radical (unpaired) electrons. The molecule has 2 rings (SSSR count). The molecule has 0 atom stereocenters. The Morgan fingerprint density at radius 3 is 2.32 bits per heavy atom. The van der Waals surface area contributed by atoms with Gasteiger partial charge in [-0.25, -0.2) is 13.2 Å². The van der Waals surface area contributed by atoms with Crippen LogP contribution in [0.5, 0.6) is 11.5 Å². The summed E-state index contributed by atoms with van der Waals surface area (Å²) in [6.07, 6.45) is 0. The molecule has 0 aliphatic heterocycles. The molecule has 2 aromatic rings. The summed E-state index contributed by atoms with van der Waals surface area (Å²) in [6, 6.07) is 10.5. The highest BCUT2D eigenvalue weighted by molar-refractivity contribution is 7.91. The smallest absolute Gasteiger partial charge is 0.339 e. The maximum Gasteiger partial charge on any atom is 0.339 e. The van der Waals surface area contributed by atoms with Crippen molar-refractivity contribution in [1.29, 1.82) is 0 Å². The number of aromatic hydroxyl groups is 1. The Kier molecular flexibility index (Phi) is 7.80. The van der Waals surface area contributed by atoms with Crippen LogP contribution in [0.25, 0.3) is 0 Å². The minimum absolute atomic E-state index is 0.00158. The molecule has 9 heteroatoms. The summed E-state index contributed by atoms with van der Waals surface area (Å²) in [6.45, 7) is 2.12. The van der Waals surface area contributed by atoms with Gasteiger partial charge in [0.25, 0.3) is 0 Å². The molecule has 152 valence electrons. The minimum Gasteiger partial charge on any atom is -0.507 e. The monoisotopic (exact) mass is 410 g/mol. The predicted molar refractivity (Wildman–Crippen MR) is 101 cm³/mol. The van der Waals surface area contributed by atoms with E-state index in [1.165, 1.54) is 18.2 Å². The molecule has 0 saturated heterocycles. The number of benzene rings is 2. The van der Waals surface area contributed by atoms with Crippen LogP contribution in [0, 0.1) is 6.92 Å². The lowest BCUT2D eigenvalue weighted by Gasteiger charge is -2.09. The molecular formula is C19H22O8S. The minimum atomic E-state index is -3.39. The Labute approximate surface area is 163 Å². The van der Waals surface area contributed by atoms with Gasteiger partial charge in [-0.3, -0.25) is 0 Å². The summed E-state index contributed by atoms with van der Waals surface area (Å²) >= 11 is 0. The Bertz CT molecular complexity index is 891. The van der Waals surface area contributed by atoms with Crippen LogP contribution in [-0.2, 0) is 19.3 Å². The maximum absolute atomic E-state index is 12.1. The first-order valence-corrected chi connectivity index (χ1v) is 10.1. The highest BCUT2D eigenvalue weighted by Gasteiger charge is 2.14. The van der Waals surface area contributed by atoms with Crippen LogP contribution in [0.15, 0.2) is 47.4 Å². The second-order valence-electron chi connectivity index (χ2n) is 5.90. The lowest BCUT2D eigenvalue weighted by Crippen LogP contribution is -2.15. The largest absolute Gasteiger partial charge is 0.507 e. The highest BCUT2D eigenvalue weighted by atomic mass is 32.2. The number of phenols is 1. The first kappa shape index (κ1) is 21.7. The van der Waals surface area contributed by atoms with Crippen LogP contribution in [0.3, 0.4) is 0 Å². The number of carbonyl (C=O) groups is 1. The van der Waals surface area contributed by atoms with E-state index in [0.717, 1.165) is 5.56 Å². The lowest BCUT2D eigenvalue weighted by molar-refractivity contribution is -0.0555. The molecule has 0 saturated carbocycles. The van der Waals surface area contributed by atoms with E-state index in [1.807, 2.05) is 6.92 Å². The fourth-order valence-electron chi connectivity index (χ4n) is 2.21. The van der Waals surface area contributed by atoms with E-state index in [4.69, 9.17) is 19.3 Å². The van der Waals surface area contributed by atoms with Gasteiger partial charge < -0.3 is 24.4 Å². The third-order valence-corrected chi connectivity index (χ3v) is 5.43. The topological polar surface area (TPSA) is 119 Å². The van der Waals surface area contributed by atoms with Gasteiger partial charge in [-0.15, -0.1) is 0 Å². The standard InChI is InChI=1S/C19H22O8S/c1-14-2-5-16(6-3-14)28(23,24)11-10-26-13-25-8-9-27-15-4-7-17(19(21)22)18(20)12-15/h2-7,12,20H,8-11,13H2,1H3,(H,21,22). The maximum atomic E-state index is 12.1. The summed E-state index contributed by atoms with van der Waals surface area (Å²) in [5, 5.41) is 18.4. The van der Waals surface area contributed by atoms with Crippen molar-refractivity contribution < 1.29 is 37.6 Å². The Morgan fingerprint density at radius 1 is 1.00 bits per heavy atom. The van der Waals surface area contributed by atoms with Crippen molar-refractivity contribution in [1.82, 2.24) is 0 Å². The Balaban J connectivity index is 1.61. The summed E-state index contributed by atoms with van der Waals surface area (Å²) in [5.41, 5.74) is 0.774. The predicted octanol–water partition coefficient (Wildman–Crippen LogP) is 2.24. The van der Waals surface area contributed by atoms with Crippen molar-refractivity contribution in [2.45, 2.75) is 11.8 Å². The van der Waals surface area contributed by atoms with E-state index in [1.54, 1.807) is 24.3 Å². The Hall–Kier alpha value is -2.62. The second-order valence-corrected chi connectivity index (χ2v) is 8.01. The van der Waals surface area contributed by atoms with E-state index < -0.39 is 15.8 Å². The summed E-state index contributed by atoms with van der Waals surface area (Å²) in [5.74, 6) is -1.46. The number of hydrogen-bond donors (Lipinski definition) is 2. The van der Waals surface area contributed by atoms with Crippen molar-refractivity contribution in [3.8, 4) is 11.5 Å². The first-order chi connectivity index (χ1) is 13.3. The molecule has 0 aromatic heterocycles. The molecule has 8 nitrogen and oxygen atoms in total. The van der Waals surface area contributed by atoms with Crippen LogP contribution >= 0.6 is 0 Å². The average molecular weight is 410 g/mol. The molecule has 0 spiro atoms. The molecule has 0 amide bonds. The summed E-state index contributed by atoms with van der Waals surface area (Å²) < 4.78 is 39.9. The van der Waals surface area contributed by atoms with E-state index in [9.17, 15) is 18.3 Å². The Morgan fingerprint density at radius 2 is 1.68 bits per heavy atom. The van der Waals surface area contributed by atoms with Gasteiger partial charge in [0.05, 0.1) is 23.9 Å². The SMILES string of the molecule is Cc1ccc(S(=O)(=O)CCOCOCCOc2ccc(C(=O)O)c(O)c2)cc1. The molecule has 2 N–H and O–H groups in total. The fourth-order valence-corrected chi connectivity index (χ4v) is 3.33. The highest BCUT2D eigenvalue weighted by Crippen LogP contribution is 2.23. The quantitative estimate of drug-likeness (QED) is 0.428. The van der Waals surface area contributed by atoms with Crippen LogP contribution in [0.1, 0.15) is 15.9 Å². The first-order valence-electron chi connectivity index (χ1n) is 8.43. The van der Waals surface area contributed by atoms with Crippen LogP contribution in [-0.4, -0.2) is 57.0 Å². The number of rotatable bonds is 11. The third kappa shape index (κ3) is 6.52. The van der Waals surface area contributed by atoms with Gasteiger partial charge in [0.2, 0.25) is 0 Å². The van der Waals surface area contributed by atoms with Gasteiger partial charge in [0, 0.05) is 6.07 Å². The van der Waals surface area contributed by atoms with Gasteiger partial charge in [-0.2, -0.15) is 0 Å². The molecule has 0 heterocycles. The van der Waals surface area contributed by atoms with Gasteiger partial charge in [-0.05, 0) is 31.2 Å². The number of sulfone groups is 1. The van der Waals surface area contributed by atoms with Gasteiger partial charge in [0.1, 0.15) is 30.5 Å². The summed E-state index contributed by atoms with van der Waals surface area (Å²) in [7, 11) is -3.39. The van der Waals surface area contributed by atoms with Crippen molar-refractivity contribution in [2.75, 3.05) is 32.4 Å². The molecule has 0 unspecified atom stereocenters. The molecule has 2 aromatic carbocycles. The van der Waals surface area contributed by atoms with E-state index in [0.29, 0.717) is 5.75 Å². The third-order valence-electron chi connectivity index (χ3n) is 3.74. The molecule has 0 bridgehead atoms. The van der Waals surface area contributed by atoms with Crippen molar-refractivity contribution in [3.63, 3.8) is 0 Å². The molecular weight excluding hydrogens is 388 g/mol. The number of hydrogen-bond acceptors (Lipinski definition) is 7. The van der Waals surface area contributed by atoms with E-state index >= 15 is 0 Å². The molecule has 0 fully saturated rings. The van der Waals surface area contributed by atoms with Gasteiger partial charge in [0.15, 0.2) is 9.84 Å². The van der Waals surface area contributed by atoms with Gasteiger partial charge >= 0.3 is 5.97 Å². The zero-order valence-electron chi connectivity index (χ0n) is 15.3. The normalized spacial score (nSPS) is 11.3. The van der Waals surface area contributed by atoms with Crippen LogP contribution < -0.4 is 4.74 Å². The van der Waals surface area contributed by atoms with Crippen LogP contribution in [0.2, 0.25) is 0 Å². The number of carboxylic acid groups (broad SMARTS) is 1. The van der Waals surface area contributed by atoms with Gasteiger partial charge in [-0.1, -0.05) is 17.7 Å². The fraction of sp³-hybridized carbons (Fsp3) is 0.316. The lowest BCUT2D eigenvalue weighted by atomic mass is 10.2. The molecule has 0 aliphatic rings. The van der Waals surface area contributed by atoms with Crippen LogP contribution in [0.4, 0.5) is 0 Å². The summed E-state index contributed by atoms with van der Waals surface area (Å²) in [4.78, 5) is 11.1. The number of carboxylic acids is 1. The average Bonchev–Trinajstić information content (AvgIpc) is 2.64. The zero-order valence-corrected chi connectivity index (χ0v) is 16.1. The van der Waals surface area contributed by atoms with Crippen molar-refractivity contribution in [3.05, 3.63) is 53.6 Å². The molecule has 0 aliphatic carbocycles. The van der Waals surface area contributed by atoms with Crippen molar-refractivity contribution in [2.24, 2.45) is 0 Å². The van der Waals surface area contributed by atoms with E-state index in [2.05, 4.69) is 0 Å². The van der Waals surface area contributed by atoms with E-state index in [-0.39, 0.29) is 48.6 Å². The number of aromatic carboxylic acids is 1. The number of ether oxygens (including phenoxy) is 3. The molecule has 28 heavy (non-hydrogen) atoms.